The zero-order chi connectivity index (χ0) is 16.1. The van der Waals surface area contributed by atoms with Crippen LogP contribution < -0.4 is 15.0 Å². The van der Waals surface area contributed by atoms with Crippen LogP contribution in [0.25, 0.3) is 0 Å². The Morgan fingerprint density at radius 3 is 2.95 bits per heavy atom. The topological polar surface area (TPSA) is 61.9 Å². The zero-order valence-electron chi connectivity index (χ0n) is 13.0. The largest absolute Gasteiger partial charge is 0.490 e. The molecule has 0 radical (unpaired) electrons. The number of carbonyl (C=O) groups is 2. The molecule has 0 saturated carbocycles. The molecule has 0 atom stereocenters. The standard InChI is InChI=1S/C16H21N3O3/c1-4-16(21)19(5-2)11-15(20)17-12-6-7-14-13(10-12)18(3)8-9-22-14/h4,6-7,10H,1,5,8-9,11H2,2-3H3,(H,17,20). The van der Waals surface area contributed by atoms with Crippen LogP contribution in [-0.2, 0) is 9.59 Å². The van der Waals surface area contributed by atoms with E-state index in [4.69, 9.17) is 4.74 Å². The van der Waals surface area contributed by atoms with Gasteiger partial charge in [0.25, 0.3) is 0 Å². The molecule has 6 heteroatoms. The van der Waals surface area contributed by atoms with Crippen molar-refractivity contribution in [2.75, 3.05) is 43.5 Å². The molecule has 0 aromatic heterocycles. The number of anilines is 2. The fourth-order valence-electron chi connectivity index (χ4n) is 2.28. The highest BCUT2D eigenvalue weighted by Gasteiger charge is 2.17. The highest BCUT2D eigenvalue weighted by atomic mass is 16.5. The Morgan fingerprint density at radius 1 is 1.50 bits per heavy atom. The summed E-state index contributed by atoms with van der Waals surface area (Å²) in [5.74, 6) is 0.316. The van der Waals surface area contributed by atoms with E-state index in [-0.39, 0.29) is 18.4 Å². The van der Waals surface area contributed by atoms with Gasteiger partial charge in [0, 0.05) is 19.3 Å². The second-order valence-corrected chi connectivity index (χ2v) is 5.06. The van der Waals surface area contributed by atoms with Crippen LogP contribution in [0.1, 0.15) is 6.92 Å². The minimum atomic E-state index is -0.253. The molecule has 6 nitrogen and oxygen atoms in total. The number of amides is 2. The van der Waals surface area contributed by atoms with Crippen molar-refractivity contribution in [3.63, 3.8) is 0 Å². The van der Waals surface area contributed by atoms with E-state index in [1.165, 1.54) is 11.0 Å². The van der Waals surface area contributed by atoms with Gasteiger partial charge < -0.3 is 19.9 Å². The lowest BCUT2D eigenvalue weighted by Crippen LogP contribution is -2.36. The number of ether oxygens (including phenoxy) is 1. The second kappa shape index (κ2) is 6.98. The van der Waals surface area contributed by atoms with Crippen molar-refractivity contribution < 1.29 is 14.3 Å². The number of nitrogens with one attached hydrogen (secondary N) is 1. The van der Waals surface area contributed by atoms with Crippen molar-refractivity contribution in [3.8, 4) is 5.75 Å². The van der Waals surface area contributed by atoms with Crippen LogP contribution in [0.5, 0.6) is 5.75 Å². The van der Waals surface area contributed by atoms with E-state index in [1.54, 1.807) is 6.07 Å². The van der Waals surface area contributed by atoms with Crippen LogP contribution in [0.15, 0.2) is 30.9 Å². The average Bonchev–Trinajstić information content (AvgIpc) is 2.52. The van der Waals surface area contributed by atoms with Gasteiger partial charge in [-0.15, -0.1) is 0 Å². The van der Waals surface area contributed by atoms with E-state index in [1.807, 2.05) is 26.1 Å². The van der Waals surface area contributed by atoms with Crippen molar-refractivity contribution in [3.05, 3.63) is 30.9 Å². The summed E-state index contributed by atoms with van der Waals surface area (Å²) in [5, 5.41) is 2.81. The molecule has 1 heterocycles. The molecule has 1 N–H and O–H groups in total. The smallest absolute Gasteiger partial charge is 0.246 e. The van der Waals surface area contributed by atoms with Gasteiger partial charge in [-0.2, -0.15) is 0 Å². The molecule has 2 rings (SSSR count). The van der Waals surface area contributed by atoms with E-state index in [0.29, 0.717) is 18.8 Å². The molecular formula is C16H21N3O3. The molecule has 118 valence electrons. The fourth-order valence-corrected chi connectivity index (χ4v) is 2.28. The van der Waals surface area contributed by atoms with Gasteiger partial charge in [-0.25, -0.2) is 0 Å². The second-order valence-electron chi connectivity index (χ2n) is 5.06. The maximum absolute atomic E-state index is 12.1. The molecular weight excluding hydrogens is 282 g/mol. The Morgan fingerprint density at radius 2 is 2.27 bits per heavy atom. The molecule has 2 amide bonds. The monoisotopic (exact) mass is 303 g/mol. The lowest BCUT2D eigenvalue weighted by Gasteiger charge is -2.28. The highest BCUT2D eigenvalue weighted by molar-refractivity contribution is 5.97. The minimum absolute atomic E-state index is 0.00474. The number of likely N-dealkylation sites (N-methyl/N-ethyl adjacent to an activating group) is 2. The lowest BCUT2D eigenvalue weighted by molar-refractivity contribution is -0.130. The third-order valence-electron chi connectivity index (χ3n) is 3.54. The molecule has 0 fully saturated rings. The van der Waals surface area contributed by atoms with E-state index < -0.39 is 0 Å². The van der Waals surface area contributed by atoms with Gasteiger partial charge in [0.05, 0.1) is 12.2 Å². The molecule has 0 saturated heterocycles. The highest BCUT2D eigenvalue weighted by Crippen LogP contribution is 2.33. The van der Waals surface area contributed by atoms with E-state index in [2.05, 4.69) is 16.8 Å². The number of nitrogens with zero attached hydrogens (tertiary/aromatic N) is 2. The van der Waals surface area contributed by atoms with Crippen molar-refractivity contribution >= 4 is 23.2 Å². The van der Waals surface area contributed by atoms with Crippen molar-refractivity contribution in [1.82, 2.24) is 4.90 Å². The summed E-state index contributed by atoms with van der Waals surface area (Å²) in [4.78, 5) is 27.1. The maximum Gasteiger partial charge on any atom is 0.246 e. The van der Waals surface area contributed by atoms with Crippen molar-refractivity contribution in [2.45, 2.75) is 6.92 Å². The van der Waals surface area contributed by atoms with Crippen LogP contribution in [0.3, 0.4) is 0 Å². The van der Waals surface area contributed by atoms with Gasteiger partial charge in [-0.3, -0.25) is 9.59 Å². The number of hydrogen-bond acceptors (Lipinski definition) is 4. The quantitative estimate of drug-likeness (QED) is 0.837. The molecule has 0 unspecified atom stereocenters. The molecule has 1 aliphatic heterocycles. The summed E-state index contributed by atoms with van der Waals surface area (Å²) in [7, 11) is 1.98. The summed E-state index contributed by atoms with van der Waals surface area (Å²) in [6, 6.07) is 5.51. The number of carbonyl (C=O) groups excluding carboxylic acids is 2. The number of fused-ring (bicyclic) bond motifs is 1. The Bertz CT molecular complexity index is 586. The normalized spacial score (nSPS) is 12.9. The van der Waals surface area contributed by atoms with E-state index in [9.17, 15) is 9.59 Å². The van der Waals surface area contributed by atoms with Crippen molar-refractivity contribution in [2.24, 2.45) is 0 Å². The van der Waals surface area contributed by atoms with Gasteiger partial charge in [0.15, 0.2) is 0 Å². The maximum atomic E-state index is 12.1. The first kappa shape index (κ1) is 15.9. The summed E-state index contributed by atoms with van der Waals surface area (Å²) in [6.45, 7) is 7.18. The molecule has 1 aliphatic rings. The fraction of sp³-hybridized carbons (Fsp3) is 0.375. The Kier molecular flexibility index (Phi) is 5.04. The summed E-state index contributed by atoms with van der Waals surface area (Å²) in [6.07, 6.45) is 1.21. The summed E-state index contributed by atoms with van der Waals surface area (Å²) >= 11 is 0. The van der Waals surface area contributed by atoms with Crippen LogP contribution in [0.2, 0.25) is 0 Å². The first-order valence-corrected chi connectivity index (χ1v) is 7.24. The van der Waals surface area contributed by atoms with Crippen LogP contribution >= 0.6 is 0 Å². The molecule has 1 aromatic carbocycles. The first-order valence-electron chi connectivity index (χ1n) is 7.24. The van der Waals surface area contributed by atoms with E-state index in [0.717, 1.165) is 18.0 Å². The third kappa shape index (κ3) is 3.58. The number of benzene rings is 1. The average molecular weight is 303 g/mol. The lowest BCUT2D eigenvalue weighted by atomic mass is 10.2. The third-order valence-corrected chi connectivity index (χ3v) is 3.54. The molecule has 22 heavy (non-hydrogen) atoms. The first-order chi connectivity index (χ1) is 10.5. The predicted octanol–water partition coefficient (Wildman–Crippen LogP) is 1.49. The Balaban J connectivity index is 2.04. The predicted molar refractivity (Wildman–Crippen MR) is 86.3 cm³/mol. The van der Waals surface area contributed by atoms with Gasteiger partial charge in [-0.05, 0) is 31.2 Å². The van der Waals surface area contributed by atoms with Gasteiger partial charge >= 0.3 is 0 Å². The zero-order valence-corrected chi connectivity index (χ0v) is 13.0. The van der Waals surface area contributed by atoms with Gasteiger partial charge in [-0.1, -0.05) is 6.58 Å². The molecule has 0 aliphatic carbocycles. The SMILES string of the molecule is C=CC(=O)N(CC)CC(=O)Nc1ccc2c(c1)N(C)CCO2. The van der Waals surface area contributed by atoms with Crippen LogP contribution in [0.4, 0.5) is 11.4 Å². The molecule has 0 bridgehead atoms. The number of rotatable bonds is 5. The van der Waals surface area contributed by atoms with Crippen LogP contribution in [-0.4, -0.2) is 50.0 Å². The molecule has 1 aromatic rings. The molecule has 0 spiro atoms. The summed E-state index contributed by atoms with van der Waals surface area (Å²) < 4.78 is 5.56. The van der Waals surface area contributed by atoms with Crippen molar-refractivity contribution in [1.29, 1.82) is 0 Å². The van der Waals surface area contributed by atoms with E-state index >= 15 is 0 Å². The van der Waals surface area contributed by atoms with Gasteiger partial charge in [0.1, 0.15) is 18.9 Å². The summed E-state index contributed by atoms with van der Waals surface area (Å²) in [5.41, 5.74) is 1.63. The van der Waals surface area contributed by atoms with Crippen LogP contribution in [0, 0.1) is 0 Å². The minimum Gasteiger partial charge on any atom is -0.490 e. The number of hydrogen-bond donors (Lipinski definition) is 1. The Hall–Kier alpha value is -2.50. The Labute approximate surface area is 130 Å². The van der Waals surface area contributed by atoms with Gasteiger partial charge in [0.2, 0.25) is 11.8 Å².